The van der Waals surface area contributed by atoms with Crippen LogP contribution in [-0.2, 0) is 16.6 Å². The third kappa shape index (κ3) is 3.71. The van der Waals surface area contributed by atoms with Crippen molar-refractivity contribution in [2.45, 2.75) is 18.4 Å². The molecule has 136 valence electrons. The maximum atomic E-state index is 13.8. The zero-order valence-electron chi connectivity index (χ0n) is 13.4. The summed E-state index contributed by atoms with van der Waals surface area (Å²) in [5.41, 5.74) is 0.922. The van der Waals surface area contributed by atoms with Gasteiger partial charge in [0.15, 0.2) is 17.5 Å². The van der Waals surface area contributed by atoms with Crippen molar-refractivity contribution in [2.75, 3.05) is 26.2 Å². The van der Waals surface area contributed by atoms with E-state index in [0.29, 0.717) is 25.7 Å². The number of benzene rings is 1. The number of aryl methyl sites for hydroxylation is 1. The van der Waals surface area contributed by atoms with Crippen LogP contribution in [0.2, 0.25) is 0 Å². The molecule has 1 fully saturated rings. The van der Waals surface area contributed by atoms with E-state index in [1.165, 1.54) is 0 Å². The van der Waals surface area contributed by atoms with Gasteiger partial charge in [0.1, 0.15) is 4.90 Å². The molecule has 25 heavy (non-hydrogen) atoms. The van der Waals surface area contributed by atoms with Crippen molar-refractivity contribution in [2.24, 2.45) is 0 Å². The molecule has 0 radical (unpaired) electrons. The maximum absolute atomic E-state index is 13.8. The van der Waals surface area contributed by atoms with Crippen molar-refractivity contribution in [3.8, 4) is 0 Å². The molecule has 1 saturated heterocycles. The summed E-state index contributed by atoms with van der Waals surface area (Å²) in [7, 11) is -4.21. The van der Waals surface area contributed by atoms with E-state index in [-0.39, 0.29) is 13.1 Å². The zero-order valence-corrected chi connectivity index (χ0v) is 15.0. The van der Waals surface area contributed by atoms with E-state index in [1.54, 1.807) is 11.3 Å². The maximum Gasteiger partial charge on any atom is 0.246 e. The Balaban J connectivity index is 1.70. The Morgan fingerprint density at radius 2 is 1.80 bits per heavy atom. The van der Waals surface area contributed by atoms with Gasteiger partial charge < -0.3 is 0 Å². The van der Waals surface area contributed by atoms with Crippen LogP contribution in [0.25, 0.3) is 0 Å². The van der Waals surface area contributed by atoms with E-state index in [1.807, 2.05) is 17.2 Å². The normalized spacial score (nSPS) is 17.1. The first-order valence-electron chi connectivity index (χ1n) is 7.56. The molecule has 5 nitrogen and oxygen atoms in total. The fraction of sp³-hybridized carbons (Fsp3) is 0.400. The second kappa shape index (κ2) is 7.02. The summed E-state index contributed by atoms with van der Waals surface area (Å²) in [4.78, 5) is 5.57. The van der Waals surface area contributed by atoms with Crippen LogP contribution in [0.1, 0.15) is 10.7 Å². The summed E-state index contributed by atoms with van der Waals surface area (Å²) in [6.45, 7) is 3.70. The molecule has 3 rings (SSSR count). The number of hydrogen-bond donors (Lipinski definition) is 0. The van der Waals surface area contributed by atoms with Gasteiger partial charge in [-0.25, -0.2) is 26.6 Å². The van der Waals surface area contributed by atoms with Gasteiger partial charge in [0.25, 0.3) is 0 Å². The molecule has 1 aromatic carbocycles. The van der Waals surface area contributed by atoms with Crippen molar-refractivity contribution in [3.63, 3.8) is 0 Å². The summed E-state index contributed by atoms with van der Waals surface area (Å²) in [6.07, 6.45) is 0. The Hall–Kier alpha value is -1.49. The van der Waals surface area contributed by atoms with Crippen LogP contribution in [0, 0.1) is 24.4 Å². The summed E-state index contributed by atoms with van der Waals surface area (Å²) < 4.78 is 66.3. The van der Waals surface area contributed by atoms with Gasteiger partial charge in [-0.15, -0.1) is 11.3 Å². The van der Waals surface area contributed by atoms with Crippen LogP contribution in [0.5, 0.6) is 0 Å². The van der Waals surface area contributed by atoms with E-state index in [0.717, 1.165) is 21.1 Å². The number of rotatable bonds is 4. The van der Waals surface area contributed by atoms with Crippen LogP contribution >= 0.6 is 11.3 Å². The van der Waals surface area contributed by atoms with Gasteiger partial charge in [-0.2, -0.15) is 4.31 Å². The molecule has 0 aliphatic carbocycles. The first-order chi connectivity index (χ1) is 11.8. The number of halogens is 3. The third-order valence-corrected chi connectivity index (χ3v) is 6.74. The number of aromatic nitrogens is 1. The van der Waals surface area contributed by atoms with E-state index >= 15 is 0 Å². The highest BCUT2D eigenvalue weighted by Crippen LogP contribution is 2.24. The second-order valence-corrected chi connectivity index (χ2v) is 8.68. The predicted octanol–water partition coefficient (Wildman–Crippen LogP) is 2.38. The number of nitrogens with zero attached hydrogens (tertiary/aromatic N) is 3. The van der Waals surface area contributed by atoms with Crippen LogP contribution in [-0.4, -0.2) is 48.8 Å². The molecular formula is C15H16F3N3O2S2. The third-order valence-electron chi connectivity index (χ3n) is 4.00. The smallest absolute Gasteiger partial charge is 0.246 e. The van der Waals surface area contributed by atoms with E-state index in [2.05, 4.69) is 4.98 Å². The van der Waals surface area contributed by atoms with Crippen LogP contribution in [0.15, 0.2) is 22.4 Å². The molecule has 1 aromatic heterocycles. The van der Waals surface area contributed by atoms with E-state index in [4.69, 9.17) is 0 Å². The van der Waals surface area contributed by atoms with Crippen molar-refractivity contribution in [1.29, 1.82) is 0 Å². The molecule has 1 aliphatic rings. The predicted molar refractivity (Wildman–Crippen MR) is 87.2 cm³/mol. The van der Waals surface area contributed by atoms with Crippen molar-refractivity contribution in [1.82, 2.24) is 14.2 Å². The standard InChI is InChI=1S/C15H16F3N3O2S2/c1-10-19-11(9-24-10)8-20-4-6-21(7-5-20)25(22,23)13-3-2-12(16)14(17)15(13)18/h2-3,9H,4-8H2,1H3. The Kier molecular flexibility index (Phi) is 5.14. The molecule has 2 aromatic rings. The van der Waals surface area contributed by atoms with Crippen molar-refractivity contribution >= 4 is 21.4 Å². The lowest BCUT2D eigenvalue weighted by molar-refractivity contribution is 0.180. The summed E-state index contributed by atoms with van der Waals surface area (Å²) >= 11 is 1.55. The van der Waals surface area contributed by atoms with Gasteiger partial charge in [-0.3, -0.25) is 4.90 Å². The lowest BCUT2D eigenvalue weighted by Gasteiger charge is -2.33. The first-order valence-corrected chi connectivity index (χ1v) is 9.88. The lowest BCUT2D eigenvalue weighted by atomic mass is 10.3. The second-order valence-electron chi connectivity index (χ2n) is 5.71. The molecule has 1 aliphatic heterocycles. The minimum atomic E-state index is -4.21. The van der Waals surface area contributed by atoms with Gasteiger partial charge in [0.05, 0.1) is 10.7 Å². The van der Waals surface area contributed by atoms with Crippen LogP contribution in [0.4, 0.5) is 13.2 Å². The average Bonchev–Trinajstić information content (AvgIpc) is 2.98. The molecular weight excluding hydrogens is 375 g/mol. The highest BCUT2D eigenvalue weighted by Gasteiger charge is 2.32. The highest BCUT2D eigenvalue weighted by molar-refractivity contribution is 7.89. The SMILES string of the molecule is Cc1nc(CN2CCN(S(=O)(=O)c3ccc(F)c(F)c3F)CC2)cs1. The van der Waals surface area contributed by atoms with Crippen LogP contribution in [0.3, 0.4) is 0 Å². The zero-order chi connectivity index (χ0) is 18.2. The molecule has 0 spiro atoms. The quantitative estimate of drug-likeness (QED) is 0.751. The van der Waals surface area contributed by atoms with E-state index in [9.17, 15) is 21.6 Å². The fourth-order valence-electron chi connectivity index (χ4n) is 2.68. The number of sulfonamides is 1. The molecule has 0 atom stereocenters. The number of hydrogen-bond acceptors (Lipinski definition) is 5. The monoisotopic (exact) mass is 391 g/mol. The van der Waals surface area contributed by atoms with Gasteiger partial charge in [-0.05, 0) is 19.1 Å². The Morgan fingerprint density at radius 3 is 2.40 bits per heavy atom. The summed E-state index contributed by atoms with van der Waals surface area (Å²) in [6, 6.07) is 1.37. The average molecular weight is 391 g/mol. The first kappa shape index (κ1) is 18.3. The fourth-order valence-corrected chi connectivity index (χ4v) is 4.77. The largest absolute Gasteiger partial charge is 0.295 e. The molecule has 0 amide bonds. The number of thiazole rings is 1. The lowest BCUT2D eigenvalue weighted by Crippen LogP contribution is -2.48. The topological polar surface area (TPSA) is 53.5 Å². The number of piperazine rings is 1. The Bertz CT molecular complexity index is 878. The molecule has 2 heterocycles. The van der Waals surface area contributed by atoms with Gasteiger partial charge in [0.2, 0.25) is 10.0 Å². The minimum absolute atomic E-state index is 0.143. The van der Waals surface area contributed by atoms with Gasteiger partial charge >= 0.3 is 0 Å². The van der Waals surface area contributed by atoms with Gasteiger partial charge in [-0.1, -0.05) is 0 Å². The molecule has 0 N–H and O–H groups in total. The van der Waals surface area contributed by atoms with Crippen molar-refractivity contribution < 1.29 is 21.6 Å². The van der Waals surface area contributed by atoms with Gasteiger partial charge in [0, 0.05) is 38.1 Å². The Labute approximate surface area is 147 Å². The Morgan fingerprint density at radius 1 is 1.12 bits per heavy atom. The molecule has 10 heteroatoms. The highest BCUT2D eigenvalue weighted by atomic mass is 32.2. The summed E-state index contributed by atoms with van der Waals surface area (Å²) in [5.74, 6) is -4.88. The summed E-state index contributed by atoms with van der Waals surface area (Å²) in [5, 5.41) is 2.92. The molecule has 0 bridgehead atoms. The molecule has 0 saturated carbocycles. The van der Waals surface area contributed by atoms with Crippen molar-refractivity contribution in [3.05, 3.63) is 45.7 Å². The van der Waals surface area contributed by atoms with Crippen LogP contribution < -0.4 is 0 Å². The molecule has 0 unspecified atom stereocenters. The van der Waals surface area contributed by atoms with E-state index < -0.39 is 32.4 Å². The minimum Gasteiger partial charge on any atom is -0.295 e.